The van der Waals surface area contributed by atoms with Crippen LogP contribution >= 0.6 is 0 Å². The van der Waals surface area contributed by atoms with Gasteiger partial charge in [-0.2, -0.15) is 0 Å². The predicted octanol–water partition coefficient (Wildman–Crippen LogP) is 2.86. The summed E-state index contributed by atoms with van der Waals surface area (Å²) < 4.78 is 5.00. The van der Waals surface area contributed by atoms with Gasteiger partial charge in [-0.25, -0.2) is 4.79 Å². The van der Waals surface area contributed by atoms with E-state index in [4.69, 9.17) is 15.4 Å². The molecular formula is C12H13N3O3. The molecule has 94 valence electrons. The SMILES string of the molecule is [N-]=[N+]=NCCC=Cc1ccc(OCC(=O)O)cc1. The summed E-state index contributed by atoms with van der Waals surface area (Å²) in [7, 11) is 0. The summed E-state index contributed by atoms with van der Waals surface area (Å²) in [6, 6.07) is 7.05. The number of hydrogen-bond donors (Lipinski definition) is 1. The Hall–Kier alpha value is -2.46. The average molecular weight is 247 g/mol. The number of ether oxygens (including phenoxy) is 1. The molecule has 0 amide bonds. The van der Waals surface area contributed by atoms with E-state index in [1.165, 1.54) is 0 Å². The fourth-order valence-electron chi connectivity index (χ4n) is 1.22. The van der Waals surface area contributed by atoms with Crippen LogP contribution in [0.5, 0.6) is 5.75 Å². The van der Waals surface area contributed by atoms with Crippen LogP contribution in [0.2, 0.25) is 0 Å². The smallest absolute Gasteiger partial charge is 0.341 e. The number of hydrogen-bond acceptors (Lipinski definition) is 3. The van der Waals surface area contributed by atoms with Crippen molar-refractivity contribution in [1.29, 1.82) is 0 Å². The molecule has 0 aliphatic rings. The summed E-state index contributed by atoms with van der Waals surface area (Å²) in [6.45, 7) is 0.0914. The van der Waals surface area contributed by atoms with Crippen LogP contribution in [0.1, 0.15) is 12.0 Å². The number of benzene rings is 1. The molecule has 0 saturated heterocycles. The molecule has 1 N–H and O–H groups in total. The topological polar surface area (TPSA) is 95.3 Å². The quantitative estimate of drug-likeness (QED) is 0.347. The van der Waals surface area contributed by atoms with Gasteiger partial charge in [-0.3, -0.25) is 0 Å². The lowest BCUT2D eigenvalue weighted by Gasteiger charge is -2.02. The molecule has 0 aromatic heterocycles. The Morgan fingerprint density at radius 3 is 2.78 bits per heavy atom. The van der Waals surface area contributed by atoms with Crippen molar-refractivity contribution in [2.75, 3.05) is 13.2 Å². The highest BCUT2D eigenvalue weighted by molar-refractivity contribution is 5.68. The van der Waals surface area contributed by atoms with Crippen LogP contribution in [-0.4, -0.2) is 24.2 Å². The Morgan fingerprint density at radius 2 is 2.17 bits per heavy atom. The van der Waals surface area contributed by atoms with Gasteiger partial charge in [0, 0.05) is 11.5 Å². The minimum atomic E-state index is -1.00. The molecule has 6 heteroatoms. The van der Waals surface area contributed by atoms with Crippen LogP contribution in [-0.2, 0) is 4.79 Å². The monoisotopic (exact) mass is 247 g/mol. The number of aliphatic carboxylic acids is 1. The van der Waals surface area contributed by atoms with E-state index < -0.39 is 5.97 Å². The number of nitrogens with zero attached hydrogens (tertiary/aromatic N) is 3. The first-order chi connectivity index (χ1) is 8.72. The van der Waals surface area contributed by atoms with Crippen molar-refractivity contribution in [1.82, 2.24) is 0 Å². The molecule has 0 aliphatic heterocycles. The van der Waals surface area contributed by atoms with Crippen molar-refractivity contribution >= 4 is 12.0 Å². The molecule has 0 aliphatic carbocycles. The van der Waals surface area contributed by atoms with Crippen LogP contribution in [0.15, 0.2) is 35.5 Å². The zero-order valence-corrected chi connectivity index (χ0v) is 9.69. The molecule has 0 radical (unpaired) electrons. The fourth-order valence-corrected chi connectivity index (χ4v) is 1.22. The van der Waals surface area contributed by atoms with Crippen LogP contribution < -0.4 is 4.74 Å². The molecule has 0 saturated carbocycles. The van der Waals surface area contributed by atoms with Gasteiger partial charge in [0.2, 0.25) is 0 Å². The summed E-state index contributed by atoms with van der Waals surface area (Å²) in [4.78, 5) is 12.9. The molecule has 0 fully saturated rings. The van der Waals surface area contributed by atoms with Gasteiger partial charge in [0.1, 0.15) is 5.75 Å². The number of carboxylic acids is 1. The third-order valence-electron chi connectivity index (χ3n) is 2.01. The highest BCUT2D eigenvalue weighted by Gasteiger charge is 1.98. The normalized spacial score (nSPS) is 10.0. The highest BCUT2D eigenvalue weighted by Crippen LogP contribution is 2.13. The van der Waals surface area contributed by atoms with E-state index in [2.05, 4.69) is 10.0 Å². The first-order valence-electron chi connectivity index (χ1n) is 5.34. The minimum Gasteiger partial charge on any atom is -0.482 e. The molecule has 18 heavy (non-hydrogen) atoms. The molecule has 0 spiro atoms. The maximum Gasteiger partial charge on any atom is 0.341 e. The standard InChI is InChI=1S/C12H13N3O3/c13-15-14-8-2-1-3-10-4-6-11(7-5-10)18-9-12(16)17/h1,3-7H,2,8-9H2,(H,16,17). The largest absolute Gasteiger partial charge is 0.482 e. The summed E-state index contributed by atoms with van der Waals surface area (Å²) in [5.41, 5.74) is 9.05. The van der Waals surface area contributed by atoms with Crippen LogP contribution in [0, 0.1) is 0 Å². The second-order valence-electron chi connectivity index (χ2n) is 3.40. The van der Waals surface area contributed by atoms with Crippen molar-refractivity contribution in [2.45, 2.75) is 6.42 Å². The molecular weight excluding hydrogens is 234 g/mol. The van der Waals surface area contributed by atoms with Gasteiger partial charge in [-0.15, -0.1) is 0 Å². The van der Waals surface area contributed by atoms with Crippen molar-refractivity contribution in [2.24, 2.45) is 5.11 Å². The lowest BCUT2D eigenvalue weighted by Crippen LogP contribution is -2.09. The van der Waals surface area contributed by atoms with E-state index in [0.717, 1.165) is 5.56 Å². The maximum atomic E-state index is 10.3. The number of carbonyl (C=O) groups is 1. The van der Waals surface area contributed by atoms with Crippen LogP contribution in [0.3, 0.4) is 0 Å². The zero-order chi connectivity index (χ0) is 13.2. The van der Waals surface area contributed by atoms with Gasteiger partial charge < -0.3 is 9.84 Å². The second kappa shape index (κ2) is 7.76. The van der Waals surface area contributed by atoms with Gasteiger partial charge in [-0.05, 0) is 29.6 Å². The van der Waals surface area contributed by atoms with E-state index in [1.54, 1.807) is 12.1 Å². The lowest BCUT2D eigenvalue weighted by molar-refractivity contribution is -0.139. The number of carboxylic acid groups (broad SMARTS) is 1. The van der Waals surface area contributed by atoms with E-state index in [-0.39, 0.29) is 6.61 Å². The Labute approximate surface area is 104 Å². The van der Waals surface area contributed by atoms with Gasteiger partial charge >= 0.3 is 5.97 Å². The van der Waals surface area contributed by atoms with Crippen LogP contribution in [0.4, 0.5) is 0 Å². The van der Waals surface area contributed by atoms with E-state index in [9.17, 15) is 4.79 Å². The summed E-state index contributed by atoms with van der Waals surface area (Å²) >= 11 is 0. The maximum absolute atomic E-state index is 10.3. The fraction of sp³-hybridized carbons (Fsp3) is 0.250. The molecule has 1 aromatic carbocycles. The average Bonchev–Trinajstić information content (AvgIpc) is 2.37. The van der Waals surface area contributed by atoms with Gasteiger partial charge in [0.15, 0.2) is 6.61 Å². The van der Waals surface area contributed by atoms with Gasteiger partial charge in [0.05, 0.1) is 0 Å². The highest BCUT2D eigenvalue weighted by atomic mass is 16.5. The molecule has 0 heterocycles. The number of azide groups is 1. The summed E-state index contributed by atoms with van der Waals surface area (Å²) in [5, 5.41) is 11.9. The molecule has 6 nitrogen and oxygen atoms in total. The van der Waals surface area contributed by atoms with Crippen molar-refractivity contribution < 1.29 is 14.6 Å². The van der Waals surface area contributed by atoms with Gasteiger partial charge in [-0.1, -0.05) is 29.4 Å². The zero-order valence-electron chi connectivity index (χ0n) is 9.69. The Kier molecular flexibility index (Phi) is 5.86. The van der Waals surface area contributed by atoms with E-state index in [0.29, 0.717) is 18.7 Å². The second-order valence-corrected chi connectivity index (χ2v) is 3.40. The molecule has 1 aromatic rings. The summed E-state index contributed by atoms with van der Waals surface area (Å²) in [6.07, 6.45) is 4.48. The first kappa shape index (κ1) is 13.6. The molecule has 1 rings (SSSR count). The third-order valence-corrected chi connectivity index (χ3v) is 2.01. The Bertz CT molecular complexity index is 462. The number of rotatable bonds is 7. The summed E-state index contributed by atoms with van der Waals surface area (Å²) in [5.74, 6) is -0.486. The molecule has 0 unspecified atom stereocenters. The van der Waals surface area contributed by atoms with Crippen molar-refractivity contribution in [3.63, 3.8) is 0 Å². The van der Waals surface area contributed by atoms with Gasteiger partial charge in [0.25, 0.3) is 0 Å². The first-order valence-corrected chi connectivity index (χ1v) is 5.34. The molecule has 0 atom stereocenters. The lowest BCUT2D eigenvalue weighted by atomic mass is 10.2. The predicted molar refractivity (Wildman–Crippen MR) is 67.2 cm³/mol. The Morgan fingerprint density at radius 1 is 1.44 bits per heavy atom. The van der Waals surface area contributed by atoms with E-state index in [1.807, 2.05) is 24.3 Å². The third kappa shape index (κ3) is 5.58. The Balaban J connectivity index is 2.44. The van der Waals surface area contributed by atoms with E-state index >= 15 is 0 Å². The van der Waals surface area contributed by atoms with Crippen molar-refractivity contribution in [3.8, 4) is 5.75 Å². The minimum absolute atomic E-state index is 0.346. The molecule has 0 bridgehead atoms. The van der Waals surface area contributed by atoms with Crippen molar-refractivity contribution in [3.05, 3.63) is 46.3 Å². The van der Waals surface area contributed by atoms with Crippen LogP contribution in [0.25, 0.3) is 16.5 Å².